The van der Waals surface area contributed by atoms with E-state index in [1.165, 1.54) is 18.9 Å². The van der Waals surface area contributed by atoms with E-state index in [0.29, 0.717) is 17.9 Å². The molecule has 2 fully saturated rings. The van der Waals surface area contributed by atoms with Crippen molar-refractivity contribution in [3.63, 3.8) is 0 Å². The number of anilines is 1. The first-order valence-electron chi connectivity index (χ1n) is 6.57. The minimum absolute atomic E-state index is 0.217. The number of piperidine rings is 1. The molecule has 2 aliphatic rings. The first kappa shape index (κ1) is 12.7. The van der Waals surface area contributed by atoms with Crippen molar-refractivity contribution in [1.29, 1.82) is 0 Å². The predicted octanol–water partition coefficient (Wildman–Crippen LogP) is 2.80. The van der Waals surface area contributed by atoms with Gasteiger partial charge in [0.05, 0.1) is 0 Å². The van der Waals surface area contributed by atoms with Crippen LogP contribution in [0.15, 0.2) is 18.2 Å². The van der Waals surface area contributed by atoms with Crippen LogP contribution in [0.1, 0.15) is 31.4 Å². The first-order valence-corrected chi connectivity index (χ1v) is 6.57. The molecule has 3 rings (SSSR count). The number of nitrogens with one attached hydrogen (secondary N) is 2. The van der Waals surface area contributed by atoms with Crippen molar-refractivity contribution in [1.82, 2.24) is 10.3 Å². The SMILES string of the molecule is FC(F)(F)c1cccc(NC2CC3CCC(C2)N3)n1. The maximum absolute atomic E-state index is 12.6. The van der Waals surface area contributed by atoms with E-state index >= 15 is 0 Å². The van der Waals surface area contributed by atoms with Gasteiger partial charge in [0.25, 0.3) is 0 Å². The third-order valence-corrected chi connectivity index (χ3v) is 3.86. The lowest BCUT2D eigenvalue weighted by Crippen LogP contribution is -2.43. The highest BCUT2D eigenvalue weighted by Gasteiger charge is 2.35. The third-order valence-electron chi connectivity index (χ3n) is 3.86. The van der Waals surface area contributed by atoms with Gasteiger partial charge in [0.15, 0.2) is 0 Å². The van der Waals surface area contributed by atoms with Gasteiger partial charge in [-0.3, -0.25) is 0 Å². The Morgan fingerprint density at radius 3 is 2.47 bits per heavy atom. The fourth-order valence-corrected chi connectivity index (χ4v) is 3.06. The van der Waals surface area contributed by atoms with E-state index < -0.39 is 11.9 Å². The van der Waals surface area contributed by atoms with Gasteiger partial charge >= 0.3 is 6.18 Å². The van der Waals surface area contributed by atoms with Crippen LogP contribution in [-0.4, -0.2) is 23.1 Å². The van der Waals surface area contributed by atoms with E-state index in [-0.39, 0.29) is 6.04 Å². The highest BCUT2D eigenvalue weighted by atomic mass is 19.4. The molecule has 2 saturated heterocycles. The molecule has 3 nitrogen and oxygen atoms in total. The zero-order chi connectivity index (χ0) is 13.5. The molecule has 0 saturated carbocycles. The van der Waals surface area contributed by atoms with Crippen LogP contribution < -0.4 is 10.6 Å². The van der Waals surface area contributed by atoms with E-state index in [9.17, 15) is 13.2 Å². The molecule has 2 atom stereocenters. The van der Waals surface area contributed by atoms with Crippen LogP contribution in [0, 0.1) is 0 Å². The van der Waals surface area contributed by atoms with E-state index in [2.05, 4.69) is 15.6 Å². The van der Waals surface area contributed by atoms with Crippen molar-refractivity contribution in [2.75, 3.05) is 5.32 Å². The van der Waals surface area contributed by atoms with Crippen LogP contribution in [0.5, 0.6) is 0 Å². The second-order valence-electron chi connectivity index (χ2n) is 5.36. The average Bonchev–Trinajstić information content (AvgIpc) is 2.68. The summed E-state index contributed by atoms with van der Waals surface area (Å²) >= 11 is 0. The topological polar surface area (TPSA) is 37.0 Å². The Morgan fingerprint density at radius 1 is 1.16 bits per heavy atom. The maximum atomic E-state index is 12.6. The molecule has 6 heteroatoms. The Bertz CT molecular complexity index is 449. The molecule has 0 amide bonds. The van der Waals surface area contributed by atoms with Crippen molar-refractivity contribution in [3.05, 3.63) is 23.9 Å². The summed E-state index contributed by atoms with van der Waals surface area (Å²) in [5, 5.41) is 6.64. The molecular weight excluding hydrogens is 255 g/mol. The molecule has 19 heavy (non-hydrogen) atoms. The molecule has 2 aliphatic heterocycles. The van der Waals surface area contributed by atoms with E-state index in [4.69, 9.17) is 0 Å². The summed E-state index contributed by atoms with van der Waals surface area (Å²) in [5.41, 5.74) is -0.839. The van der Waals surface area contributed by atoms with Gasteiger partial charge in [-0.1, -0.05) is 6.07 Å². The fraction of sp³-hybridized carbons (Fsp3) is 0.615. The first-order chi connectivity index (χ1) is 9.00. The normalized spacial score (nSPS) is 30.4. The monoisotopic (exact) mass is 271 g/mol. The highest BCUT2D eigenvalue weighted by molar-refractivity contribution is 5.37. The number of pyridine rings is 1. The van der Waals surface area contributed by atoms with E-state index in [1.807, 2.05) is 0 Å². The number of alkyl halides is 3. The number of aromatic nitrogens is 1. The quantitative estimate of drug-likeness (QED) is 0.868. The lowest BCUT2D eigenvalue weighted by molar-refractivity contribution is -0.141. The molecule has 0 aromatic carbocycles. The zero-order valence-corrected chi connectivity index (χ0v) is 10.4. The Kier molecular flexibility index (Phi) is 3.12. The van der Waals surface area contributed by atoms with E-state index in [1.54, 1.807) is 6.07 Å². The number of hydrogen-bond acceptors (Lipinski definition) is 3. The van der Waals surface area contributed by atoms with Crippen molar-refractivity contribution in [3.8, 4) is 0 Å². The Balaban J connectivity index is 1.70. The minimum Gasteiger partial charge on any atom is -0.367 e. The largest absolute Gasteiger partial charge is 0.433 e. The Labute approximate surface area is 109 Å². The number of nitrogens with zero attached hydrogens (tertiary/aromatic N) is 1. The molecule has 0 aliphatic carbocycles. The standard InChI is InChI=1S/C13H16F3N3/c14-13(15,16)11-2-1-3-12(19-11)18-10-6-8-4-5-9(7-10)17-8/h1-3,8-10,17H,4-7H2,(H,18,19). The molecule has 104 valence electrons. The third kappa shape index (κ3) is 2.83. The summed E-state index contributed by atoms with van der Waals surface area (Å²) in [6.07, 6.45) is -0.147. The molecule has 0 spiro atoms. The molecule has 2 N–H and O–H groups in total. The smallest absolute Gasteiger partial charge is 0.367 e. The van der Waals surface area contributed by atoms with Crippen molar-refractivity contribution >= 4 is 5.82 Å². The molecule has 2 bridgehead atoms. The molecule has 3 heterocycles. The summed E-state index contributed by atoms with van der Waals surface area (Å²) < 4.78 is 37.7. The maximum Gasteiger partial charge on any atom is 0.433 e. The number of halogens is 3. The van der Waals surface area contributed by atoms with Gasteiger partial charge in [-0.05, 0) is 37.8 Å². The van der Waals surface area contributed by atoms with Crippen LogP contribution in [0.25, 0.3) is 0 Å². The Morgan fingerprint density at radius 2 is 1.84 bits per heavy atom. The summed E-state index contributed by atoms with van der Waals surface area (Å²) in [4.78, 5) is 3.65. The summed E-state index contributed by atoms with van der Waals surface area (Å²) in [6, 6.07) is 5.21. The number of hydrogen-bond donors (Lipinski definition) is 2. The lowest BCUT2D eigenvalue weighted by Gasteiger charge is -2.30. The van der Waals surface area contributed by atoms with Gasteiger partial charge in [-0.15, -0.1) is 0 Å². The summed E-state index contributed by atoms with van der Waals surface area (Å²) in [6.45, 7) is 0. The van der Waals surface area contributed by atoms with Gasteiger partial charge in [-0.2, -0.15) is 13.2 Å². The second kappa shape index (κ2) is 4.67. The molecular formula is C13H16F3N3. The van der Waals surface area contributed by atoms with Crippen molar-refractivity contribution in [2.45, 2.75) is 50.0 Å². The molecule has 0 radical (unpaired) electrons. The van der Waals surface area contributed by atoms with Crippen LogP contribution in [0.2, 0.25) is 0 Å². The molecule has 1 aromatic rings. The van der Waals surface area contributed by atoms with Crippen LogP contribution in [0.3, 0.4) is 0 Å². The zero-order valence-electron chi connectivity index (χ0n) is 10.4. The van der Waals surface area contributed by atoms with Gasteiger partial charge < -0.3 is 10.6 Å². The highest BCUT2D eigenvalue weighted by Crippen LogP contribution is 2.30. The molecule has 1 aromatic heterocycles. The predicted molar refractivity (Wildman–Crippen MR) is 65.8 cm³/mol. The van der Waals surface area contributed by atoms with Gasteiger partial charge in [0, 0.05) is 18.1 Å². The van der Waals surface area contributed by atoms with Gasteiger partial charge in [0.1, 0.15) is 11.5 Å². The lowest BCUT2D eigenvalue weighted by atomic mass is 10.00. The Hall–Kier alpha value is -1.30. The van der Waals surface area contributed by atoms with Gasteiger partial charge in [-0.25, -0.2) is 4.98 Å². The van der Waals surface area contributed by atoms with Gasteiger partial charge in [0.2, 0.25) is 0 Å². The van der Waals surface area contributed by atoms with E-state index in [0.717, 1.165) is 18.9 Å². The second-order valence-corrected chi connectivity index (χ2v) is 5.36. The molecule has 2 unspecified atom stereocenters. The van der Waals surface area contributed by atoms with Crippen molar-refractivity contribution < 1.29 is 13.2 Å². The number of fused-ring (bicyclic) bond motifs is 2. The van der Waals surface area contributed by atoms with Crippen molar-refractivity contribution in [2.24, 2.45) is 0 Å². The minimum atomic E-state index is -4.38. The van der Waals surface area contributed by atoms with Crippen LogP contribution in [0.4, 0.5) is 19.0 Å². The summed E-state index contributed by atoms with van der Waals surface area (Å²) in [5.74, 6) is 0.320. The van der Waals surface area contributed by atoms with Crippen LogP contribution in [-0.2, 0) is 6.18 Å². The number of rotatable bonds is 2. The fourth-order valence-electron chi connectivity index (χ4n) is 3.06. The summed E-state index contributed by atoms with van der Waals surface area (Å²) in [7, 11) is 0. The average molecular weight is 271 g/mol. The van der Waals surface area contributed by atoms with Crippen LogP contribution >= 0.6 is 0 Å².